The van der Waals surface area contributed by atoms with Crippen molar-refractivity contribution >= 4 is 5.95 Å². The molecule has 0 aromatic carbocycles. The number of anilines is 1. The van der Waals surface area contributed by atoms with Gasteiger partial charge in [0.1, 0.15) is 0 Å². The molecule has 1 atom stereocenters. The molecule has 0 bridgehead atoms. The number of hydrogen-bond acceptors (Lipinski definition) is 4. The zero-order chi connectivity index (χ0) is 9.80. The summed E-state index contributed by atoms with van der Waals surface area (Å²) in [6.07, 6.45) is 4.78. The van der Waals surface area contributed by atoms with Crippen LogP contribution in [-0.2, 0) is 0 Å². The first-order valence-corrected chi connectivity index (χ1v) is 5.16. The van der Waals surface area contributed by atoms with Gasteiger partial charge in [-0.15, -0.1) is 0 Å². The molecule has 1 aliphatic rings. The number of nitrogens with one attached hydrogen (secondary N) is 1. The van der Waals surface area contributed by atoms with Crippen LogP contribution in [0.4, 0.5) is 5.95 Å². The zero-order valence-electron chi connectivity index (χ0n) is 8.48. The minimum Gasteiger partial charge on any atom is -0.337 e. The van der Waals surface area contributed by atoms with E-state index in [9.17, 15) is 0 Å². The largest absolute Gasteiger partial charge is 0.337 e. The van der Waals surface area contributed by atoms with E-state index in [0.717, 1.165) is 25.6 Å². The average Bonchev–Trinajstić information content (AvgIpc) is 2.74. The highest BCUT2D eigenvalue weighted by atomic mass is 15.3. The fourth-order valence-electron chi connectivity index (χ4n) is 1.91. The van der Waals surface area contributed by atoms with Crippen LogP contribution in [0.1, 0.15) is 13.3 Å². The molecule has 0 radical (unpaired) electrons. The van der Waals surface area contributed by atoms with Gasteiger partial charge < -0.3 is 10.2 Å². The third-order valence-electron chi connectivity index (χ3n) is 2.62. The molecule has 0 amide bonds. The maximum atomic E-state index is 4.28. The lowest BCUT2D eigenvalue weighted by atomic mass is 10.2. The van der Waals surface area contributed by atoms with Gasteiger partial charge >= 0.3 is 0 Å². The van der Waals surface area contributed by atoms with Gasteiger partial charge in [0.15, 0.2) is 0 Å². The van der Waals surface area contributed by atoms with Crippen LogP contribution < -0.4 is 10.2 Å². The lowest BCUT2D eigenvalue weighted by molar-refractivity contribution is 0.631. The van der Waals surface area contributed by atoms with E-state index in [4.69, 9.17) is 0 Å². The molecule has 0 unspecified atom stereocenters. The summed E-state index contributed by atoms with van der Waals surface area (Å²) >= 11 is 0. The van der Waals surface area contributed by atoms with Crippen LogP contribution in [-0.4, -0.2) is 35.6 Å². The van der Waals surface area contributed by atoms with Crippen molar-refractivity contribution in [2.45, 2.75) is 19.4 Å². The van der Waals surface area contributed by atoms with Gasteiger partial charge in [-0.05, 0) is 26.0 Å². The number of hydrogen-bond donors (Lipinski definition) is 1. The molecule has 1 aliphatic heterocycles. The lowest BCUT2D eigenvalue weighted by Gasteiger charge is -2.26. The number of likely N-dealkylation sites (N-methyl/N-ethyl adjacent to an activating group) is 1. The normalized spacial score (nSPS) is 21.1. The van der Waals surface area contributed by atoms with Crippen molar-refractivity contribution in [2.75, 3.05) is 24.5 Å². The molecule has 0 saturated carbocycles. The molecule has 1 saturated heterocycles. The summed E-state index contributed by atoms with van der Waals surface area (Å²) in [6.45, 7) is 5.27. The van der Waals surface area contributed by atoms with Gasteiger partial charge in [-0.3, -0.25) is 0 Å². The van der Waals surface area contributed by atoms with E-state index < -0.39 is 0 Å². The standard InChI is InChI=1S/C10H16N4/c1-2-14(9-4-7-11-8-9)10-12-5-3-6-13-10/h3,5-6,9,11H,2,4,7-8H2,1H3/t9-/m0/s1. The summed E-state index contributed by atoms with van der Waals surface area (Å²) < 4.78 is 0. The fourth-order valence-corrected chi connectivity index (χ4v) is 1.91. The van der Waals surface area contributed by atoms with E-state index in [1.165, 1.54) is 6.42 Å². The van der Waals surface area contributed by atoms with Crippen LogP contribution in [0.2, 0.25) is 0 Å². The number of aromatic nitrogens is 2. The topological polar surface area (TPSA) is 41.1 Å². The first-order valence-electron chi connectivity index (χ1n) is 5.16. The van der Waals surface area contributed by atoms with Gasteiger partial charge in [-0.2, -0.15) is 0 Å². The molecule has 76 valence electrons. The lowest BCUT2D eigenvalue weighted by Crippen LogP contribution is -2.37. The van der Waals surface area contributed by atoms with Crippen LogP contribution in [0.5, 0.6) is 0 Å². The molecule has 2 rings (SSSR count). The van der Waals surface area contributed by atoms with E-state index >= 15 is 0 Å². The van der Waals surface area contributed by atoms with Crippen LogP contribution in [0.15, 0.2) is 18.5 Å². The first-order chi connectivity index (χ1) is 6.92. The van der Waals surface area contributed by atoms with Gasteiger partial charge in [-0.25, -0.2) is 9.97 Å². The van der Waals surface area contributed by atoms with E-state index in [1.807, 2.05) is 6.07 Å². The molecule has 1 aromatic heterocycles. The monoisotopic (exact) mass is 192 g/mol. The third kappa shape index (κ3) is 1.85. The Kier molecular flexibility index (Phi) is 2.93. The van der Waals surface area contributed by atoms with Gasteiger partial charge in [-0.1, -0.05) is 0 Å². The third-order valence-corrected chi connectivity index (χ3v) is 2.62. The molecular weight excluding hydrogens is 176 g/mol. The van der Waals surface area contributed by atoms with Crippen molar-refractivity contribution in [1.29, 1.82) is 0 Å². The number of nitrogens with zero attached hydrogens (tertiary/aromatic N) is 3. The van der Waals surface area contributed by atoms with Crippen LogP contribution in [0, 0.1) is 0 Å². The van der Waals surface area contributed by atoms with Crippen LogP contribution in [0.3, 0.4) is 0 Å². The van der Waals surface area contributed by atoms with Gasteiger partial charge in [0, 0.05) is 31.5 Å². The van der Waals surface area contributed by atoms with Gasteiger partial charge in [0.25, 0.3) is 0 Å². The molecule has 4 heteroatoms. The van der Waals surface area contributed by atoms with Crippen molar-refractivity contribution in [1.82, 2.24) is 15.3 Å². The maximum absolute atomic E-state index is 4.28. The van der Waals surface area contributed by atoms with E-state index in [0.29, 0.717) is 6.04 Å². The second kappa shape index (κ2) is 4.37. The van der Waals surface area contributed by atoms with Gasteiger partial charge in [0.2, 0.25) is 5.95 Å². The Morgan fingerprint density at radius 1 is 1.50 bits per heavy atom. The summed E-state index contributed by atoms with van der Waals surface area (Å²) in [6, 6.07) is 2.41. The summed E-state index contributed by atoms with van der Waals surface area (Å²) in [7, 11) is 0. The summed E-state index contributed by atoms with van der Waals surface area (Å²) in [5.41, 5.74) is 0. The SMILES string of the molecule is CCN(c1ncccn1)[C@H]1CCNC1. The van der Waals surface area contributed by atoms with Crippen LogP contribution in [0.25, 0.3) is 0 Å². The van der Waals surface area contributed by atoms with E-state index in [1.54, 1.807) is 12.4 Å². The highest BCUT2D eigenvalue weighted by Gasteiger charge is 2.22. The maximum Gasteiger partial charge on any atom is 0.225 e. The minimum absolute atomic E-state index is 0.558. The van der Waals surface area contributed by atoms with Crippen molar-refractivity contribution in [3.63, 3.8) is 0 Å². The Balaban J connectivity index is 2.12. The molecule has 0 aliphatic carbocycles. The molecule has 4 nitrogen and oxygen atoms in total. The molecular formula is C10H16N4. The highest BCUT2D eigenvalue weighted by molar-refractivity contribution is 5.30. The predicted octanol–water partition coefficient (Wildman–Crippen LogP) is 0.665. The molecule has 0 spiro atoms. The predicted molar refractivity (Wildman–Crippen MR) is 56.3 cm³/mol. The van der Waals surface area contributed by atoms with Crippen molar-refractivity contribution in [2.24, 2.45) is 0 Å². The summed E-state index contributed by atoms with van der Waals surface area (Å²) in [5, 5.41) is 3.36. The second-order valence-electron chi connectivity index (χ2n) is 3.48. The Hall–Kier alpha value is -1.16. The van der Waals surface area contributed by atoms with Crippen LogP contribution >= 0.6 is 0 Å². The zero-order valence-corrected chi connectivity index (χ0v) is 8.48. The Labute approximate surface area is 84.4 Å². The van der Waals surface area contributed by atoms with E-state index in [-0.39, 0.29) is 0 Å². The molecule has 1 N–H and O–H groups in total. The van der Waals surface area contributed by atoms with Crippen molar-refractivity contribution in [3.8, 4) is 0 Å². The smallest absolute Gasteiger partial charge is 0.225 e. The van der Waals surface area contributed by atoms with E-state index in [2.05, 4.69) is 27.1 Å². The Morgan fingerprint density at radius 2 is 2.29 bits per heavy atom. The molecule has 1 aromatic rings. The average molecular weight is 192 g/mol. The quantitative estimate of drug-likeness (QED) is 0.764. The minimum atomic E-state index is 0.558. The fraction of sp³-hybridized carbons (Fsp3) is 0.600. The first kappa shape index (κ1) is 9.40. The van der Waals surface area contributed by atoms with Gasteiger partial charge in [0.05, 0.1) is 0 Å². The Morgan fingerprint density at radius 3 is 2.86 bits per heavy atom. The number of rotatable bonds is 3. The summed E-state index contributed by atoms with van der Waals surface area (Å²) in [5.74, 6) is 0.851. The molecule has 1 fully saturated rings. The Bertz CT molecular complexity index is 269. The molecule has 2 heterocycles. The van der Waals surface area contributed by atoms with Crippen molar-refractivity contribution in [3.05, 3.63) is 18.5 Å². The second-order valence-corrected chi connectivity index (χ2v) is 3.48. The van der Waals surface area contributed by atoms with Crippen molar-refractivity contribution < 1.29 is 0 Å². The summed E-state index contributed by atoms with van der Waals surface area (Å²) in [4.78, 5) is 10.8. The highest BCUT2D eigenvalue weighted by Crippen LogP contribution is 2.14. The molecule has 14 heavy (non-hydrogen) atoms.